The molecule has 3 nitrogen and oxygen atoms in total. The predicted octanol–water partition coefficient (Wildman–Crippen LogP) is 0.564. The molecule has 3 unspecified atom stereocenters. The van der Waals surface area contributed by atoms with Gasteiger partial charge < -0.3 is 4.90 Å². The van der Waals surface area contributed by atoms with Gasteiger partial charge in [0.1, 0.15) is 0 Å². The van der Waals surface area contributed by atoms with Gasteiger partial charge in [0.05, 0.1) is 6.17 Å². The molecule has 0 radical (unpaired) electrons. The molecule has 2 aliphatic heterocycles. The number of nitrogens with one attached hydrogen (secondary N) is 1. The number of carbonyl (C=O) groups is 1. The molecule has 1 amide bonds. The summed E-state index contributed by atoms with van der Waals surface area (Å²) < 4.78 is 0. The summed E-state index contributed by atoms with van der Waals surface area (Å²) in [5.74, 6) is 1.59. The average Bonchev–Trinajstić information content (AvgIpc) is 2.73. The summed E-state index contributed by atoms with van der Waals surface area (Å²) in [6.45, 7) is 2.08. The van der Waals surface area contributed by atoms with Gasteiger partial charge in [-0.3, -0.25) is 10.1 Å². The maximum atomic E-state index is 11.8. The van der Waals surface area contributed by atoms with Gasteiger partial charge in [0.25, 0.3) is 0 Å². The van der Waals surface area contributed by atoms with Crippen molar-refractivity contribution in [1.29, 1.82) is 0 Å². The van der Waals surface area contributed by atoms with Gasteiger partial charge in [-0.1, -0.05) is 0 Å². The Kier molecular flexibility index (Phi) is 1.62. The van der Waals surface area contributed by atoms with Gasteiger partial charge in [-0.05, 0) is 38.1 Å². The van der Waals surface area contributed by atoms with Crippen LogP contribution in [0.4, 0.5) is 0 Å². The Hall–Kier alpha value is -0.570. The van der Waals surface area contributed by atoms with E-state index in [1.54, 1.807) is 0 Å². The molecule has 3 aliphatic rings. The van der Waals surface area contributed by atoms with E-state index in [2.05, 4.69) is 10.2 Å². The molecule has 0 aromatic heterocycles. The van der Waals surface area contributed by atoms with Crippen LogP contribution >= 0.6 is 0 Å². The number of piperidine rings is 1. The zero-order valence-electron chi connectivity index (χ0n) is 7.83. The molecule has 1 N–H and O–H groups in total. The van der Waals surface area contributed by atoms with E-state index in [1.165, 1.54) is 19.3 Å². The Morgan fingerprint density at radius 3 is 3.08 bits per heavy atom. The fourth-order valence-corrected chi connectivity index (χ4v) is 2.74. The van der Waals surface area contributed by atoms with E-state index in [0.29, 0.717) is 18.0 Å². The Balaban J connectivity index is 1.71. The molecular weight excluding hydrogens is 164 g/mol. The minimum Gasteiger partial charge on any atom is -0.327 e. The van der Waals surface area contributed by atoms with Crippen LogP contribution in [0.5, 0.6) is 0 Å². The van der Waals surface area contributed by atoms with Crippen LogP contribution in [-0.2, 0) is 4.79 Å². The minimum absolute atomic E-state index is 0.369. The number of hydrogen-bond acceptors (Lipinski definition) is 2. The normalized spacial score (nSPS) is 43.5. The first-order valence-electron chi connectivity index (χ1n) is 5.40. The van der Waals surface area contributed by atoms with Crippen molar-refractivity contribution in [1.82, 2.24) is 10.2 Å². The van der Waals surface area contributed by atoms with Crippen LogP contribution in [0.25, 0.3) is 0 Å². The van der Waals surface area contributed by atoms with Gasteiger partial charge in [0.15, 0.2) is 0 Å². The molecule has 13 heavy (non-hydrogen) atoms. The first kappa shape index (κ1) is 7.80. The highest BCUT2D eigenvalue weighted by Gasteiger charge is 2.49. The highest BCUT2D eigenvalue weighted by Crippen LogP contribution is 2.46. The van der Waals surface area contributed by atoms with Gasteiger partial charge >= 0.3 is 0 Å². The van der Waals surface area contributed by atoms with Crippen molar-refractivity contribution in [3.05, 3.63) is 0 Å². The van der Waals surface area contributed by atoms with E-state index in [1.807, 2.05) is 0 Å². The minimum atomic E-state index is 0.369. The van der Waals surface area contributed by atoms with Gasteiger partial charge in [-0.25, -0.2) is 0 Å². The number of fused-ring (bicyclic) bond motifs is 1. The van der Waals surface area contributed by atoms with Gasteiger partial charge in [-0.2, -0.15) is 0 Å². The first-order chi connectivity index (χ1) is 6.36. The summed E-state index contributed by atoms with van der Waals surface area (Å²) in [6, 6.07) is 0. The summed E-state index contributed by atoms with van der Waals surface area (Å²) in [4.78, 5) is 13.9. The molecular formula is C10H16N2O. The molecule has 1 saturated carbocycles. The van der Waals surface area contributed by atoms with E-state index in [0.717, 1.165) is 25.4 Å². The summed E-state index contributed by atoms with van der Waals surface area (Å²) in [6.07, 6.45) is 5.16. The van der Waals surface area contributed by atoms with Crippen molar-refractivity contribution >= 4 is 5.91 Å². The summed E-state index contributed by atoms with van der Waals surface area (Å²) in [7, 11) is 0. The van der Waals surface area contributed by atoms with Crippen LogP contribution in [0, 0.1) is 11.8 Å². The second-order valence-corrected chi connectivity index (χ2v) is 4.53. The van der Waals surface area contributed by atoms with Gasteiger partial charge in [0, 0.05) is 12.5 Å². The molecule has 3 fully saturated rings. The number of hydrogen-bond donors (Lipinski definition) is 1. The summed E-state index contributed by atoms with van der Waals surface area (Å²) in [5.41, 5.74) is 0. The summed E-state index contributed by atoms with van der Waals surface area (Å²) in [5, 5.41) is 3.40. The Morgan fingerprint density at radius 1 is 1.38 bits per heavy atom. The van der Waals surface area contributed by atoms with E-state index in [4.69, 9.17) is 0 Å². The molecule has 72 valence electrons. The van der Waals surface area contributed by atoms with Crippen molar-refractivity contribution in [3.8, 4) is 0 Å². The van der Waals surface area contributed by atoms with Crippen LogP contribution in [-0.4, -0.2) is 30.1 Å². The van der Waals surface area contributed by atoms with Crippen molar-refractivity contribution in [3.63, 3.8) is 0 Å². The third kappa shape index (κ3) is 1.17. The van der Waals surface area contributed by atoms with Crippen LogP contribution in [0.1, 0.15) is 25.7 Å². The Morgan fingerprint density at radius 2 is 2.31 bits per heavy atom. The topological polar surface area (TPSA) is 32.3 Å². The number of likely N-dealkylation sites (tertiary alicyclic amines) is 1. The smallest absolute Gasteiger partial charge is 0.227 e. The molecule has 2 saturated heterocycles. The summed E-state index contributed by atoms with van der Waals surface area (Å²) >= 11 is 0. The number of carbonyl (C=O) groups excluding carboxylic acids is 1. The van der Waals surface area contributed by atoms with Crippen molar-refractivity contribution in [2.45, 2.75) is 31.8 Å². The lowest BCUT2D eigenvalue weighted by Gasteiger charge is -2.32. The molecule has 0 aromatic carbocycles. The number of amides is 1. The third-order valence-corrected chi connectivity index (χ3v) is 3.67. The molecule has 0 bridgehead atoms. The third-order valence-electron chi connectivity index (χ3n) is 3.67. The quantitative estimate of drug-likeness (QED) is 0.639. The van der Waals surface area contributed by atoms with Gasteiger partial charge in [-0.15, -0.1) is 0 Å². The highest BCUT2D eigenvalue weighted by atomic mass is 16.2. The SMILES string of the molecule is O=C1C2CC2CCN1C1CCCN1. The second-order valence-electron chi connectivity index (χ2n) is 4.53. The van der Waals surface area contributed by atoms with E-state index in [9.17, 15) is 4.79 Å². The zero-order chi connectivity index (χ0) is 8.84. The lowest BCUT2D eigenvalue weighted by molar-refractivity contribution is -0.137. The molecule has 3 heteroatoms. The lowest BCUT2D eigenvalue weighted by Crippen LogP contribution is -2.48. The lowest BCUT2D eigenvalue weighted by atomic mass is 10.1. The molecule has 0 spiro atoms. The molecule has 3 rings (SSSR count). The monoisotopic (exact) mass is 180 g/mol. The standard InChI is InChI=1S/C10H16N2O/c13-10-8-6-7(8)3-5-12(10)9-2-1-4-11-9/h7-9,11H,1-6H2. The largest absolute Gasteiger partial charge is 0.327 e. The van der Waals surface area contributed by atoms with Crippen molar-refractivity contribution in [2.75, 3.05) is 13.1 Å². The van der Waals surface area contributed by atoms with Crippen LogP contribution < -0.4 is 5.32 Å². The Bertz CT molecular complexity index is 235. The van der Waals surface area contributed by atoms with Crippen LogP contribution in [0.3, 0.4) is 0 Å². The fourth-order valence-electron chi connectivity index (χ4n) is 2.74. The van der Waals surface area contributed by atoms with Crippen molar-refractivity contribution in [2.24, 2.45) is 11.8 Å². The first-order valence-corrected chi connectivity index (χ1v) is 5.40. The van der Waals surface area contributed by atoms with E-state index < -0.39 is 0 Å². The van der Waals surface area contributed by atoms with Crippen molar-refractivity contribution < 1.29 is 4.79 Å². The zero-order valence-corrected chi connectivity index (χ0v) is 7.83. The van der Waals surface area contributed by atoms with Crippen LogP contribution in [0.2, 0.25) is 0 Å². The number of nitrogens with zero attached hydrogens (tertiary/aromatic N) is 1. The molecule has 2 heterocycles. The maximum absolute atomic E-state index is 11.8. The van der Waals surface area contributed by atoms with E-state index in [-0.39, 0.29) is 0 Å². The van der Waals surface area contributed by atoms with Gasteiger partial charge in [0.2, 0.25) is 5.91 Å². The second kappa shape index (κ2) is 2.71. The fraction of sp³-hybridized carbons (Fsp3) is 0.900. The molecule has 0 aromatic rings. The molecule has 3 atom stereocenters. The van der Waals surface area contributed by atoms with E-state index >= 15 is 0 Å². The number of rotatable bonds is 1. The average molecular weight is 180 g/mol. The molecule has 1 aliphatic carbocycles. The predicted molar refractivity (Wildman–Crippen MR) is 49.0 cm³/mol. The highest BCUT2D eigenvalue weighted by molar-refractivity contribution is 5.82. The Labute approximate surface area is 78.5 Å². The maximum Gasteiger partial charge on any atom is 0.227 e. The van der Waals surface area contributed by atoms with Crippen LogP contribution in [0.15, 0.2) is 0 Å².